The second-order valence-electron chi connectivity index (χ2n) is 8.59. The van der Waals surface area contributed by atoms with Crippen LogP contribution in [-0.4, -0.2) is 42.5 Å². The van der Waals surface area contributed by atoms with Crippen LogP contribution in [0.2, 0.25) is 0 Å². The van der Waals surface area contributed by atoms with Crippen LogP contribution in [0.1, 0.15) is 39.6 Å². The van der Waals surface area contributed by atoms with Crippen molar-refractivity contribution in [3.05, 3.63) is 58.6 Å². The predicted molar refractivity (Wildman–Crippen MR) is 125 cm³/mol. The highest BCUT2D eigenvalue weighted by molar-refractivity contribution is 7.17. The second-order valence-corrected chi connectivity index (χ2v) is 9.57. The van der Waals surface area contributed by atoms with Gasteiger partial charge in [0.15, 0.2) is 5.13 Å². The highest BCUT2D eigenvalue weighted by Gasteiger charge is 2.34. The molecule has 3 heterocycles. The van der Waals surface area contributed by atoms with E-state index in [2.05, 4.69) is 15.5 Å². The van der Waals surface area contributed by atoms with E-state index < -0.39 is 0 Å². The van der Waals surface area contributed by atoms with E-state index >= 15 is 0 Å². The third kappa shape index (κ3) is 3.50. The molecule has 0 saturated carbocycles. The van der Waals surface area contributed by atoms with Gasteiger partial charge in [0.05, 0.1) is 17.9 Å². The van der Waals surface area contributed by atoms with Gasteiger partial charge < -0.3 is 20.3 Å². The SMILES string of the molecule is CNC(=O)c1ccccc1-c1ccc2c(c1)N(c1nc3c(s1)C(=O)NC(C)(C)C3)CCO2. The standard InChI is InChI=1S/C24H24N4O3S/c1-24(2)13-17-20(22(30)27-24)32-23(26-17)28-10-11-31-19-9-8-14(12-18(19)28)15-6-4-5-7-16(15)21(29)25-3/h4-9,12H,10-11,13H2,1-3H3,(H,25,29)(H,27,30). The van der Waals surface area contributed by atoms with Gasteiger partial charge in [-0.25, -0.2) is 4.98 Å². The Kier molecular flexibility index (Phi) is 4.89. The Bertz CT molecular complexity index is 1230. The normalized spacial score (nSPS) is 16.5. The van der Waals surface area contributed by atoms with Crippen LogP contribution >= 0.6 is 11.3 Å². The predicted octanol–water partition coefficient (Wildman–Crippen LogP) is 3.76. The molecule has 7 nitrogen and oxygen atoms in total. The summed E-state index contributed by atoms with van der Waals surface area (Å²) in [4.78, 5) is 32.6. The quantitative estimate of drug-likeness (QED) is 0.637. The van der Waals surface area contributed by atoms with Crippen LogP contribution in [0, 0.1) is 0 Å². The summed E-state index contributed by atoms with van der Waals surface area (Å²) in [7, 11) is 1.63. The van der Waals surface area contributed by atoms with Crippen LogP contribution in [0.15, 0.2) is 42.5 Å². The van der Waals surface area contributed by atoms with E-state index in [4.69, 9.17) is 9.72 Å². The van der Waals surface area contributed by atoms with Crippen molar-refractivity contribution >= 4 is 34.0 Å². The van der Waals surface area contributed by atoms with Crippen LogP contribution in [0.4, 0.5) is 10.8 Å². The Morgan fingerprint density at radius 1 is 1.25 bits per heavy atom. The topological polar surface area (TPSA) is 83.6 Å². The summed E-state index contributed by atoms with van der Waals surface area (Å²) in [5, 5.41) is 6.54. The van der Waals surface area contributed by atoms with E-state index in [1.54, 1.807) is 7.05 Å². The zero-order valence-corrected chi connectivity index (χ0v) is 19.0. The lowest BCUT2D eigenvalue weighted by atomic mass is 9.94. The van der Waals surface area contributed by atoms with Crippen LogP contribution in [0.5, 0.6) is 5.75 Å². The maximum atomic E-state index is 12.6. The van der Waals surface area contributed by atoms with Crippen LogP contribution < -0.4 is 20.3 Å². The Hall–Kier alpha value is -3.39. The monoisotopic (exact) mass is 448 g/mol. The van der Waals surface area contributed by atoms with Crippen molar-refractivity contribution in [3.63, 3.8) is 0 Å². The summed E-state index contributed by atoms with van der Waals surface area (Å²) in [6.45, 7) is 5.17. The van der Waals surface area contributed by atoms with E-state index in [0.717, 1.165) is 33.4 Å². The summed E-state index contributed by atoms with van der Waals surface area (Å²) in [5.41, 5.74) is 3.79. The molecule has 2 amide bonds. The molecule has 0 fully saturated rings. The molecule has 32 heavy (non-hydrogen) atoms. The number of benzene rings is 2. The first-order valence-corrected chi connectivity index (χ1v) is 11.4. The molecule has 1 aromatic heterocycles. The van der Waals surface area contributed by atoms with Gasteiger partial charge in [-0.15, -0.1) is 0 Å². The van der Waals surface area contributed by atoms with Gasteiger partial charge in [-0.05, 0) is 43.2 Å². The zero-order valence-electron chi connectivity index (χ0n) is 18.2. The first-order valence-electron chi connectivity index (χ1n) is 10.5. The van der Waals surface area contributed by atoms with Crippen LogP contribution in [-0.2, 0) is 6.42 Å². The number of thiazole rings is 1. The smallest absolute Gasteiger partial charge is 0.263 e. The zero-order chi connectivity index (χ0) is 22.5. The number of nitrogens with one attached hydrogen (secondary N) is 2. The van der Waals surface area contributed by atoms with Gasteiger partial charge in [0.2, 0.25) is 0 Å². The van der Waals surface area contributed by atoms with Gasteiger partial charge in [-0.1, -0.05) is 35.6 Å². The minimum absolute atomic E-state index is 0.0678. The molecule has 0 atom stereocenters. The minimum atomic E-state index is -0.310. The summed E-state index contributed by atoms with van der Waals surface area (Å²) in [6, 6.07) is 13.5. The van der Waals surface area contributed by atoms with E-state index in [0.29, 0.717) is 30.0 Å². The molecule has 0 spiro atoms. The van der Waals surface area contributed by atoms with Gasteiger partial charge in [0.25, 0.3) is 11.8 Å². The summed E-state index contributed by atoms with van der Waals surface area (Å²) in [6.07, 6.45) is 0.696. The average molecular weight is 449 g/mol. The van der Waals surface area contributed by atoms with Gasteiger partial charge in [-0.3, -0.25) is 9.59 Å². The van der Waals surface area contributed by atoms with Crippen LogP contribution in [0.3, 0.4) is 0 Å². The lowest BCUT2D eigenvalue weighted by Crippen LogP contribution is -2.48. The van der Waals surface area contributed by atoms with Crippen molar-refractivity contribution in [2.24, 2.45) is 0 Å². The molecule has 0 saturated heterocycles. The van der Waals surface area contributed by atoms with Crippen molar-refractivity contribution in [3.8, 4) is 16.9 Å². The molecule has 5 rings (SSSR count). The highest BCUT2D eigenvalue weighted by Crippen LogP contribution is 2.42. The Morgan fingerprint density at radius 3 is 2.88 bits per heavy atom. The number of amides is 2. The maximum absolute atomic E-state index is 12.6. The summed E-state index contributed by atoms with van der Waals surface area (Å²) >= 11 is 1.41. The molecular formula is C24H24N4O3S. The van der Waals surface area contributed by atoms with Gasteiger partial charge >= 0.3 is 0 Å². The fraction of sp³-hybridized carbons (Fsp3) is 0.292. The Morgan fingerprint density at radius 2 is 2.06 bits per heavy atom. The lowest BCUT2D eigenvalue weighted by Gasteiger charge is -2.30. The molecule has 0 unspecified atom stereocenters. The second kappa shape index (κ2) is 7.63. The van der Waals surface area contributed by atoms with E-state index in [9.17, 15) is 9.59 Å². The first-order chi connectivity index (χ1) is 15.4. The molecular weight excluding hydrogens is 424 g/mol. The molecule has 2 N–H and O–H groups in total. The van der Waals surface area contributed by atoms with Gasteiger partial charge in [0.1, 0.15) is 17.2 Å². The molecule has 2 aromatic carbocycles. The number of nitrogens with zero attached hydrogens (tertiary/aromatic N) is 2. The van der Waals surface area contributed by atoms with E-state index in [-0.39, 0.29) is 17.4 Å². The largest absolute Gasteiger partial charge is 0.490 e. The number of hydrogen-bond acceptors (Lipinski definition) is 6. The third-order valence-corrected chi connectivity index (χ3v) is 6.84. The Balaban J connectivity index is 1.57. The first kappa shape index (κ1) is 20.5. The number of anilines is 2. The van der Waals surface area contributed by atoms with Gasteiger partial charge in [-0.2, -0.15) is 0 Å². The van der Waals surface area contributed by atoms with Gasteiger partial charge in [0, 0.05) is 24.6 Å². The molecule has 0 bridgehead atoms. The summed E-state index contributed by atoms with van der Waals surface area (Å²) in [5.74, 6) is 0.560. The molecule has 8 heteroatoms. The number of fused-ring (bicyclic) bond motifs is 2. The third-order valence-electron chi connectivity index (χ3n) is 5.72. The number of carbonyl (C=O) groups excluding carboxylic acids is 2. The molecule has 0 radical (unpaired) electrons. The minimum Gasteiger partial charge on any atom is -0.490 e. The molecule has 2 aliphatic heterocycles. The van der Waals surface area contributed by atoms with Crippen molar-refractivity contribution in [2.45, 2.75) is 25.8 Å². The number of rotatable bonds is 3. The van der Waals surface area contributed by atoms with Crippen molar-refractivity contribution in [2.75, 3.05) is 25.1 Å². The molecule has 2 aliphatic rings. The van der Waals surface area contributed by atoms with Crippen molar-refractivity contribution in [1.29, 1.82) is 0 Å². The number of carbonyl (C=O) groups is 2. The molecule has 164 valence electrons. The molecule has 3 aromatic rings. The van der Waals surface area contributed by atoms with Crippen molar-refractivity contribution in [1.82, 2.24) is 15.6 Å². The Labute approximate surface area is 190 Å². The highest BCUT2D eigenvalue weighted by atomic mass is 32.1. The maximum Gasteiger partial charge on any atom is 0.263 e. The number of aromatic nitrogens is 1. The lowest BCUT2D eigenvalue weighted by molar-refractivity contribution is 0.0899. The van der Waals surface area contributed by atoms with Crippen LogP contribution in [0.25, 0.3) is 11.1 Å². The van der Waals surface area contributed by atoms with E-state index in [1.165, 1.54) is 11.3 Å². The number of hydrogen-bond donors (Lipinski definition) is 2. The average Bonchev–Trinajstić information content (AvgIpc) is 3.20. The molecule has 0 aliphatic carbocycles. The summed E-state index contributed by atoms with van der Waals surface area (Å²) < 4.78 is 5.90. The fourth-order valence-corrected chi connectivity index (χ4v) is 5.25. The number of ether oxygens (including phenoxy) is 1. The van der Waals surface area contributed by atoms with Crippen molar-refractivity contribution < 1.29 is 14.3 Å². The fourth-order valence-electron chi connectivity index (χ4n) is 4.23. The van der Waals surface area contributed by atoms with E-state index in [1.807, 2.05) is 56.3 Å².